The minimum Gasteiger partial charge on any atom is -0.372 e. The van der Waals surface area contributed by atoms with Gasteiger partial charge in [0.25, 0.3) is 0 Å². The molecule has 24 heavy (non-hydrogen) atoms. The Bertz CT molecular complexity index is 566. The lowest BCUT2D eigenvalue weighted by Crippen LogP contribution is -2.67. The van der Waals surface area contributed by atoms with E-state index in [0.29, 0.717) is 18.9 Å². The van der Waals surface area contributed by atoms with Crippen LogP contribution in [0.15, 0.2) is 5.38 Å². The number of amides is 1. The van der Waals surface area contributed by atoms with Gasteiger partial charge < -0.3 is 14.4 Å². The number of rotatable bonds is 6. The molecule has 1 unspecified atom stereocenters. The monoisotopic (exact) mass is 352 g/mol. The molecule has 5 nitrogen and oxygen atoms in total. The van der Waals surface area contributed by atoms with E-state index >= 15 is 0 Å². The second-order valence-corrected chi connectivity index (χ2v) is 8.56. The van der Waals surface area contributed by atoms with E-state index in [1.54, 1.807) is 11.3 Å². The summed E-state index contributed by atoms with van der Waals surface area (Å²) in [5.74, 6) is 0.834. The number of aryl methyl sites for hydroxylation is 1. The van der Waals surface area contributed by atoms with Crippen LogP contribution in [0.1, 0.15) is 50.2 Å². The fraction of sp³-hybridized carbons (Fsp3) is 0.778. The predicted octanol–water partition coefficient (Wildman–Crippen LogP) is 3.16. The Balaban J connectivity index is 1.44. The lowest BCUT2D eigenvalue weighted by atomic mass is 9.84. The lowest BCUT2D eigenvalue weighted by Gasteiger charge is -2.53. The Morgan fingerprint density at radius 3 is 3.00 bits per heavy atom. The van der Waals surface area contributed by atoms with Crippen molar-refractivity contribution in [2.45, 2.75) is 64.8 Å². The molecule has 2 aliphatic heterocycles. The Hall–Kier alpha value is -0.980. The van der Waals surface area contributed by atoms with Gasteiger partial charge in [-0.3, -0.25) is 4.79 Å². The third-order valence-corrected chi connectivity index (χ3v) is 5.65. The maximum Gasteiger partial charge on any atom is 0.222 e. The summed E-state index contributed by atoms with van der Waals surface area (Å²) in [7, 11) is 0. The van der Waals surface area contributed by atoms with E-state index in [4.69, 9.17) is 9.47 Å². The van der Waals surface area contributed by atoms with Crippen LogP contribution in [0, 0.1) is 12.8 Å². The number of likely N-dealkylation sites (tertiary alicyclic amines) is 1. The standard InChI is InChI=1S/C18H28N2O3S/c1-13(2)4-5-17(21)20-11-18(12-20)8-16(6-7-23-18)22-9-15-10-24-14(3)19-15/h10,13,16H,4-9,11-12H2,1-3H3. The first kappa shape index (κ1) is 17.8. The van der Waals surface area contributed by atoms with Crippen molar-refractivity contribution in [2.24, 2.45) is 5.92 Å². The zero-order valence-corrected chi connectivity index (χ0v) is 15.7. The van der Waals surface area contributed by atoms with Gasteiger partial charge in [-0.05, 0) is 25.7 Å². The van der Waals surface area contributed by atoms with Crippen LogP contribution >= 0.6 is 11.3 Å². The number of hydrogen-bond donors (Lipinski definition) is 0. The van der Waals surface area contributed by atoms with Crippen LogP contribution in [0.25, 0.3) is 0 Å². The normalized spacial score (nSPS) is 22.8. The number of thiazole rings is 1. The third kappa shape index (κ3) is 4.35. The van der Waals surface area contributed by atoms with Crippen molar-refractivity contribution in [1.82, 2.24) is 9.88 Å². The Morgan fingerprint density at radius 1 is 1.54 bits per heavy atom. The van der Waals surface area contributed by atoms with E-state index in [9.17, 15) is 4.79 Å². The highest BCUT2D eigenvalue weighted by Gasteiger charge is 2.49. The van der Waals surface area contributed by atoms with Gasteiger partial charge >= 0.3 is 0 Å². The van der Waals surface area contributed by atoms with Crippen molar-refractivity contribution >= 4 is 17.2 Å². The van der Waals surface area contributed by atoms with Gasteiger partial charge in [-0.1, -0.05) is 13.8 Å². The molecular formula is C18H28N2O3S. The van der Waals surface area contributed by atoms with Gasteiger partial charge in [0.15, 0.2) is 0 Å². The van der Waals surface area contributed by atoms with Crippen LogP contribution in [0.5, 0.6) is 0 Å². The molecule has 3 heterocycles. The molecule has 2 saturated heterocycles. The highest BCUT2D eigenvalue weighted by atomic mass is 32.1. The second-order valence-electron chi connectivity index (χ2n) is 7.50. The molecule has 0 aromatic carbocycles. The smallest absolute Gasteiger partial charge is 0.222 e. The molecular weight excluding hydrogens is 324 g/mol. The molecule has 3 rings (SSSR count). The quantitative estimate of drug-likeness (QED) is 0.789. The zero-order chi connectivity index (χ0) is 17.2. The van der Waals surface area contributed by atoms with Gasteiger partial charge in [0.05, 0.1) is 36.5 Å². The van der Waals surface area contributed by atoms with Crippen molar-refractivity contribution in [3.63, 3.8) is 0 Å². The van der Waals surface area contributed by atoms with Crippen LogP contribution in [-0.4, -0.2) is 47.2 Å². The number of nitrogens with zero attached hydrogens (tertiary/aromatic N) is 2. The van der Waals surface area contributed by atoms with Crippen LogP contribution < -0.4 is 0 Å². The van der Waals surface area contributed by atoms with Gasteiger partial charge in [0.2, 0.25) is 5.91 Å². The lowest BCUT2D eigenvalue weighted by molar-refractivity contribution is -0.202. The molecule has 1 amide bonds. The van der Waals surface area contributed by atoms with E-state index in [2.05, 4.69) is 24.2 Å². The van der Waals surface area contributed by atoms with Gasteiger partial charge in [-0.2, -0.15) is 0 Å². The summed E-state index contributed by atoms with van der Waals surface area (Å²) in [6.45, 7) is 9.05. The van der Waals surface area contributed by atoms with Gasteiger partial charge in [0.1, 0.15) is 5.60 Å². The zero-order valence-electron chi connectivity index (χ0n) is 14.9. The first-order valence-electron chi connectivity index (χ1n) is 8.90. The Labute approximate surface area is 148 Å². The summed E-state index contributed by atoms with van der Waals surface area (Å²) in [4.78, 5) is 18.6. The molecule has 134 valence electrons. The average molecular weight is 352 g/mol. The van der Waals surface area contributed by atoms with Crippen molar-refractivity contribution in [3.05, 3.63) is 16.1 Å². The van der Waals surface area contributed by atoms with E-state index in [0.717, 1.165) is 49.7 Å². The largest absolute Gasteiger partial charge is 0.372 e. The molecule has 0 N–H and O–H groups in total. The minimum atomic E-state index is -0.172. The first-order valence-corrected chi connectivity index (χ1v) is 9.78. The molecule has 0 saturated carbocycles. The molecule has 2 fully saturated rings. The van der Waals surface area contributed by atoms with E-state index in [1.807, 2.05) is 11.8 Å². The van der Waals surface area contributed by atoms with Gasteiger partial charge in [-0.15, -0.1) is 11.3 Å². The van der Waals surface area contributed by atoms with Crippen molar-refractivity contribution in [3.8, 4) is 0 Å². The summed E-state index contributed by atoms with van der Waals surface area (Å²) < 4.78 is 12.1. The summed E-state index contributed by atoms with van der Waals surface area (Å²) >= 11 is 1.66. The number of aromatic nitrogens is 1. The summed E-state index contributed by atoms with van der Waals surface area (Å²) in [5.41, 5.74) is 0.839. The van der Waals surface area contributed by atoms with Crippen molar-refractivity contribution in [2.75, 3.05) is 19.7 Å². The average Bonchev–Trinajstić information content (AvgIpc) is 2.94. The summed E-state index contributed by atoms with van der Waals surface area (Å²) in [6.07, 6.45) is 3.61. The minimum absolute atomic E-state index is 0.172. The van der Waals surface area contributed by atoms with Gasteiger partial charge in [0, 0.05) is 24.8 Å². The Kier molecular flexibility index (Phi) is 5.57. The number of carbonyl (C=O) groups is 1. The van der Waals surface area contributed by atoms with Crippen molar-refractivity contribution in [1.29, 1.82) is 0 Å². The molecule has 0 bridgehead atoms. The van der Waals surface area contributed by atoms with Gasteiger partial charge in [-0.25, -0.2) is 4.98 Å². The number of carbonyl (C=O) groups excluding carboxylic acids is 1. The summed E-state index contributed by atoms with van der Waals surface area (Å²) in [6, 6.07) is 0. The molecule has 1 atom stereocenters. The molecule has 2 aliphatic rings. The fourth-order valence-corrected chi connectivity index (χ4v) is 4.02. The second kappa shape index (κ2) is 7.50. The Morgan fingerprint density at radius 2 is 2.33 bits per heavy atom. The third-order valence-electron chi connectivity index (χ3n) is 4.83. The van der Waals surface area contributed by atoms with E-state index in [1.165, 1.54) is 0 Å². The molecule has 6 heteroatoms. The van der Waals surface area contributed by atoms with Crippen LogP contribution in [-0.2, 0) is 20.9 Å². The maximum absolute atomic E-state index is 12.2. The van der Waals surface area contributed by atoms with Crippen molar-refractivity contribution < 1.29 is 14.3 Å². The fourth-order valence-electron chi connectivity index (χ4n) is 3.42. The molecule has 0 aliphatic carbocycles. The molecule has 1 aromatic heterocycles. The number of ether oxygens (including phenoxy) is 2. The van der Waals surface area contributed by atoms with E-state index in [-0.39, 0.29) is 17.6 Å². The summed E-state index contributed by atoms with van der Waals surface area (Å²) in [5, 5.41) is 3.13. The van der Waals surface area contributed by atoms with Crippen LogP contribution in [0.4, 0.5) is 0 Å². The molecule has 0 radical (unpaired) electrons. The highest BCUT2D eigenvalue weighted by molar-refractivity contribution is 7.09. The SMILES string of the molecule is Cc1nc(COC2CCOC3(C2)CN(C(=O)CCC(C)C)C3)cs1. The van der Waals surface area contributed by atoms with Crippen LogP contribution in [0.3, 0.4) is 0 Å². The maximum atomic E-state index is 12.2. The molecule has 1 aromatic rings. The topological polar surface area (TPSA) is 51.7 Å². The molecule has 1 spiro atoms. The van der Waals surface area contributed by atoms with E-state index < -0.39 is 0 Å². The number of hydrogen-bond acceptors (Lipinski definition) is 5. The predicted molar refractivity (Wildman–Crippen MR) is 94.0 cm³/mol. The highest BCUT2D eigenvalue weighted by Crippen LogP contribution is 2.36. The first-order chi connectivity index (χ1) is 11.5. The van der Waals surface area contributed by atoms with Crippen LogP contribution in [0.2, 0.25) is 0 Å².